The third-order valence-corrected chi connectivity index (χ3v) is 2.17. The fourth-order valence-electron chi connectivity index (χ4n) is 1.20. The molecule has 0 aliphatic heterocycles. The van der Waals surface area contributed by atoms with Crippen molar-refractivity contribution in [3.8, 4) is 0 Å². The fourth-order valence-corrected chi connectivity index (χ4v) is 1.20. The summed E-state index contributed by atoms with van der Waals surface area (Å²) in [5.41, 5.74) is 0. The van der Waals surface area contributed by atoms with Crippen LogP contribution in [0.1, 0.15) is 6.42 Å². The summed E-state index contributed by atoms with van der Waals surface area (Å²) in [6.07, 6.45) is -0.00947. The minimum atomic E-state index is -1.00. The molecule has 22 heavy (non-hydrogen) atoms. The van der Waals surface area contributed by atoms with Crippen molar-refractivity contribution in [3.63, 3.8) is 0 Å². The summed E-state index contributed by atoms with van der Waals surface area (Å²) in [5.74, 6) is -1.89. The monoisotopic (exact) mass is 324 g/mol. The minimum absolute atomic E-state index is 0.00947. The van der Waals surface area contributed by atoms with Gasteiger partial charge in [0.05, 0.1) is 65.9 Å². The van der Waals surface area contributed by atoms with Gasteiger partial charge in [0.25, 0.3) is 0 Å². The van der Waals surface area contributed by atoms with Gasteiger partial charge in [-0.3, -0.25) is 4.79 Å². The third kappa shape index (κ3) is 18.7. The second kappa shape index (κ2) is 16.1. The van der Waals surface area contributed by atoms with Crippen LogP contribution in [0.25, 0.3) is 0 Å². The average Bonchev–Trinajstić information content (AvgIpc) is 2.46. The van der Waals surface area contributed by atoms with Gasteiger partial charge in [0.1, 0.15) is 6.61 Å². The van der Waals surface area contributed by atoms with Crippen LogP contribution in [0, 0.1) is 0 Å². The van der Waals surface area contributed by atoms with E-state index in [4.69, 9.17) is 33.9 Å². The third-order valence-electron chi connectivity index (χ3n) is 2.17. The molecule has 0 atom stereocenters. The molecule has 0 radical (unpaired) electrons. The van der Waals surface area contributed by atoms with Gasteiger partial charge < -0.3 is 33.9 Å². The van der Waals surface area contributed by atoms with Crippen LogP contribution in [0.4, 0.5) is 0 Å². The molecule has 9 nitrogen and oxygen atoms in total. The van der Waals surface area contributed by atoms with Crippen LogP contribution in [-0.2, 0) is 33.3 Å². The SMILES string of the molecule is O=C(O)CCOCCOCCOCCOCCOCC(=O)O. The molecule has 0 aromatic rings. The van der Waals surface area contributed by atoms with Gasteiger partial charge in [-0.1, -0.05) is 0 Å². The highest BCUT2D eigenvalue weighted by Gasteiger charge is 1.97. The summed E-state index contributed by atoms with van der Waals surface area (Å²) >= 11 is 0. The van der Waals surface area contributed by atoms with E-state index in [1.807, 2.05) is 0 Å². The Morgan fingerprint density at radius 1 is 0.545 bits per heavy atom. The lowest BCUT2D eigenvalue weighted by atomic mass is 10.5. The Hall–Kier alpha value is -1.26. The van der Waals surface area contributed by atoms with Crippen molar-refractivity contribution in [2.75, 3.05) is 66.1 Å². The highest BCUT2D eigenvalue weighted by molar-refractivity contribution is 5.68. The maximum absolute atomic E-state index is 10.2. The fraction of sp³-hybridized carbons (Fsp3) is 0.846. The van der Waals surface area contributed by atoms with E-state index in [0.717, 1.165) is 0 Å². The number of carboxylic acids is 2. The topological polar surface area (TPSA) is 121 Å². The van der Waals surface area contributed by atoms with E-state index in [0.29, 0.717) is 46.2 Å². The Kier molecular flexibility index (Phi) is 15.2. The van der Waals surface area contributed by atoms with Crippen molar-refractivity contribution < 1.29 is 43.5 Å². The van der Waals surface area contributed by atoms with Crippen LogP contribution in [0.2, 0.25) is 0 Å². The first-order valence-corrected chi connectivity index (χ1v) is 6.95. The predicted molar refractivity (Wildman–Crippen MR) is 74.0 cm³/mol. The van der Waals surface area contributed by atoms with E-state index in [2.05, 4.69) is 0 Å². The molecule has 0 heterocycles. The van der Waals surface area contributed by atoms with Gasteiger partial charge in [-0.25, -0.2) is 4.79 Å². The molecule has 0 saturated heterocycles. The molecule has 0 saturated carbocycles. The minimum Gasteiger partial charge on any atom is -0.481 e. The van der Waals surface area contributed by atoms with E-state index < -0.39 is 11.9 Å². The molecule has 0 aromatic carbocycles. The summed E-state index contributed by atoms with van der Waals surface area (Å²) in [7, 11) is 0. The Labute approximate surface area is 129 Å². The van der Waals surface area contributed by atoms with E-state index in [1.54, 1.807) is 0 Å². The molecule has 0 aliphatic rings. The van der Waals surface area contributed by atoms with Crippen LogP contribution in [0.5, 0.6) is 0 Å². The van der Waals surface area contributed by atoms with Crippen molar-refractivity contribution in [3.05, 3.63) is 0 Å². The predicted octanol–water partition coefficient (Wildman–Crippen LogP) is -0.371. The lowest BCUT2D eigenvalue weighted by Crippen LogP contribution is -2.14. The smallest absolute Gasteiger partial charge is 0.329 e. The first kappa shape index (κ1) is 20.7. The standard InChI is InChI=1S/C13H24O9/c14-12(15)1-2-18-3-4-19-5-6-20-7-8-21-9-10-22-11-13(16)17/h1-11H2,(H,14,15)(H,16,17). The van der Waals surface area contributed by atoms with Crippen LogP contribution >= 0.6 is 0 Å². The van der Waals surface area contributed by atoms with Crippen LogP contribution < -0.4 is 0 Å². The number of hydrogen-bond acceptors (Lipinski definition) is 7. The summed E-state index contributed by atoms with van der Waals surface area (Å²) in [4.78, 5) is 20.3. The van der Waals surface area contributed by atoms with Crippen LogP contribution in [0.15, 0.2) is 0 Å². The van der Waals surface area contributed by atoms with Gasteiger partial charge in [-0.2, -0.15) is 0 Å². The number of hydrogen-bond donors (Lipinski definition) is 2. The summed E-state index contributed by atoms with van der Waals surface area (Å²) in [5, 5.41) is 16.7. The highest BCUT2D eigenvalue weighted by Crippen LogP contribution is 1.85. The van der Waals surface area contributed by atoms with E-state index >= 15 is 0 Å². The number of aliphatic carboxylic acids is 2. The summed E-state index contributed by atoms with van der Waals surface area (Å²) in [6, 6.07) is 0. The normalized spacial score (nSPS) is 10.7. The molecular formula is C13H24O9. The van der Waals surface area contributed by atoms with Gasteiger partial charge >= 0.3 is 11.9 Å². The lowest BCUT2D eigenvalue weighted by Gasteiger charge is -2.07. The van der Waals surface area contributed by atoms with Crippen LogP contribution in [-0.4, -0.2) is 88.2 Å². The van der Waals surface area contributed by atoms with Crippen molar-refractivity contribution in [2.24, 2.45) is 0 Å². The van der Waals surface area contributed by atoms with Gasteiger partial charge in [-0.15, -0.1) is 0 Å². The molecule has 0 aromatic heterocycles. The zero-order chi connectivity index (χ0) is 16.5. The largest absolute Gasteiger partial charge is 0.481 e. The maximum atomic E-state index is 10.2. The number of ether oxygens (including phenoxy) is 5. The van der Waals surface area contributed by atoms with Crippen molar-refractivity contribution in [1.82, 2.24) is 0 Å². The van der Waals surface area contributed by atoms with Gasteiger partial charge in [0, 0.05) is 0 Å². The highest BCUT2D eigenvalue weighted by atomic mass is 16.6. The molecule has 0 spiro atoms. The number of rotatable bonds is 17. The van der Waals surface area contributed by atoms with Gasteiger partial charge in [-0.05, 0) is 0 Å². The molecule has 0 amide bonds. The molecule has 0 unspecified atom stereocenters. The van der Waals surface area contributed by atoms with Crippen molar-refractivity contribution >= 4 is 11.9 Å². The maximum Gasteiger partial charge on any atom is 0.329 e. The lowest BCUT2D eigenvalue weighted by molar-refractivity contribution is -0.143. The molecule has 0 bridgehead atoms. The molecule has 0 rings (SSSR count). The molecule has 130 valence electrons. The van der Waals surface area contributed by atoms with E-state index in [-0.39, 0.29) is 26.2 Å². The van der Waals surface area contributed by atoms with E-state index in [9.17, 15) is 9.59 Å². The average molecular weight is 324 g/mol. The number of carbonyl (C=O) groups is 2. The first-order chi connectivity index (χ1) is 10.6. The summed E-state index contributed by atoms with van der Waals surface area (Å²) < 4.78 is 25.4. The molecule has 9 heteroatoms. The Bertz CT molecular complexity index is 255. The van der Waals surface area contributed by atoms with Gasteiger partial charge in [0.15, 0.2) is 0 Å². The molecule has 0 fully saturated rings. The van der Waals surface area contributed by atoms with Gasteiger partial charge in [0.2, 0.25) is 0 Å². The quantitative estimate of drug-likeness (QED) is 0.345. The zero-order valence-corrected chi connectivity index (χ0v) is 12.5. The first-order valence-electron chi connectivity index (χ1n) is 6.95. The van der Waals surface area contributed by atoms with E-state index in [1.165, 1.54) is 0 Å². The second-order valence-corrected chi connectivity index (χ2v) is 4.04. The summed E-state index contributed by atoms with van der Waals surface area (Å²) in [6.45, 7) is 2.81. The molecule has 0 aliphatic carbocycles. The second-order valence-electron chi connectivity index (χ2n) is 4.04. The molecule has 2 N–H and O–H groups in total. The van der Waals surface area contributed by atoms with Crippen molar-refractivity contribution in [1.29, 1.82) is 0 Å². The van der Waals surface area contributed by atoms with Crippen molar-refractivity contribution in [2.45, 2.75) is 6.42 Å². The Morgan fingerprint density at radius 2 is 0.909 bits per heavy atom. The zero-order valence-electron chi connectivity index (χ0n) is 12.5. The van der Waals surface area contributed by atoms with Crippen LogP contribution in [0.3, 0.4) is 0 Å². The Morgan fingerprint density at radius 3 is 1.27 bits per heavy atom. The number of carboxylic acid groups (broad SMARTS) is 2. The Balaban J connectivity index is 2.99. The molecular weight excluding hydrogens is 300 g/mol.